The monoisotopic (exact) mass is 474 g/mol. The Balaban J connectivity index is 1.45. The minimum absolute atomic E-state index is 0.00599. The Bertz CT molecular complexity index is 1130. The van der Waals surface area contributed by atoms with Crippen LogP contribution in [0.25, 0.3) is 11.3 Å². The van der Waals surface area contributed by atoms with E-state index in [2.05, 4.69) is 39.8 Å². The molecule has 2 aromatic rings. The predicted molar refractivity (Wildman–Crippen MR) is 144 cm³/mol. The van der Waals surface area contributed by atoms with Crippen molar-refractivity contribution in [3.8, 4) is 0 Å². The van der Waals surface area contributed by atoms with Gasteiger partial charge in [0.15, 0.2) is 0 Å². The fourth-order valence-electron chi connectivity index (χ4n) is 6.03. The molecule has 2 aliphatic heterocycles. The van der Waals surface area contributed by atoms with E-state index in [4.69, 9.17) is 5.73 Å². The Morgan fingerprint density at radius 2 is 1.91 bits per heavy atom. The van der Waals surface area contributed by atoms with Crippen molar-refractivity contribution >= 4 is 17.0 Å². The summed E-state index contributed by atoms with van der Waals surface area (Å²) in [6.07, 6.45) is 11.2. The number of aryl methyl sites for hydroxylation is 1. The number of hydrogen-bond acceptors (Lipinski definition) is 4. The molecule has 3 aliphatic rings. The van der Waals surface area contributed by atoms with E-state index in [0.29, 0.717) is 5.69 Å². The lowest BCUT2D eigenvalue weighted by Crippen LogP contribution is -2.39. The van der Waals surface area contributed by atoms with Crippen molar-refractivity contribution in [1.29, 1.82) is 0 Å². The molecule has 0 saturated heterocycles. The highest BCUT2D eigenvalue weighted by Gasteiger charge is 2.26. The summed E-state index contributed by atoms with van der Waals surface area (Å²) in [5.41, 5.74) is 14.6. The quantitative estimate of drug-likeness (QED) is 0.483. The van der Waals surface area contributed by atoms with Crippen molar-refractivity contribution in [3.05, 3.63) is 76.2 Å². The lowest BCUT2D eigenvalue weighted by atomic mass is 9.89. The molecule has 0 radical (unpaired) electrons. The van der Waals surface area contributed by atoms with Gasteiger partial charge < -0.3 is 16.4 Å². The van der Waals surface area contributed by atoms with Crippen LogP contribution in [0, 0.1) is 12.7 Å². The molecule has 0 spiro atoms. The highest BCUT2D eigenvalue weighted by Crippen LogP contribution is 2.36. The third-order valence-corrected chi connectivity index (χ3v) is 7.98. The zero-order valence-electron chi connectivity index (χ0n) is 21.2. The fourth-order valence-corrected chi connectivity index (χ4v) is 6.03. The van der Waals surface area contributed by atoms with Crippen molar-refractivity contribution in [3.63, 3.8) is 0 Å². The highest BCUT2D eigenvalue weighted by atomic mass is 19.1. The molecular weight excluding hydrogens is 435 g/mol. The summed E-state index contributed by atoms with van der Waals surface area (Å²) in [6, 6.07) is 12.8. The molecule has 5 rings (SSSR count). The maximum absolute atomic E-state index is 14.6. The van der Waals surface area contributed by atoms with E-state index in [0.717, 1.165) is 61.0 Å². The molecule has 4 N–H and O–H groups in total. The number of benzene rings is 2. The van der Waals surface area contributed by atoms with E-state index in [1.807, 2.05) is 26.0 Å². The molecule has 186 valence electrons. The topological polar surface area (TPSA) is 53.3 Å². The zero-order chi connectivity index (χ0) is 24.4. The molecule has 0 amide bonds. The van der Waals surface area contributed by atoms with Gasteiger partial charge in [0.2, 0.25) is 0 Å². The number of allylic oxidation sites excluding steroid dienone is 1. The summed E-state index contributed by atoms with van der Waals surface area (Å²) in [6.45, 7) is 6.89. The van der Waals surface area contributed by atoms with E-state index in [1.165, 1.54) is 48.8 Å². The first-order valence-corrected chi connectivity index (χ1v) is 13.3. The Hall–Kier alpha value is -2.79. The molecule has 5 heteroatoms. The molecule has 1 aliphatic carbocycles. The second kappa shape index (κ2) is 10.4. The molecule has 1 saturated carbocycles. The molecule has 2 aromatic carbocycles. The second-order valence-electron chi connectivity index (χ2n) is 10.5. The summed E-state index contributed by atoms with van der Waals surface area (Å²) in [4.78, 5) is 2.68. The number of nitrogens with two attached hydrogens (primary N) is 1. The summed E-state index contributed by atoms with van der Waals surface area (Å²) in [7, 11) is 0. The minimum Gasteiger partial charge on any atom is -0.401 e. The number of rotatable bonds is 4. The highest BCUT2D eigenvalue weighted by molar-refractivity contribution is 5.75. The second-order valence-corrected chi connectivity index (χ2v) is 10.5. The molecule has 4 nitrogen and oxygen atoms in total. The van der Waals surface area contributed by atoms with Crippen LogP contribution in [0.2, 0.25) is 0 Å². The van der Waals surface area contributed by atoms with Gasteiger partial charge in [-0.2, -0.15) is 0 Å². The van der Waals surface area contributed by atoms with E-state index in [9.17, 15) is 4.39 Å². The van der Waals surface area contributed by atoms with Gasteiger partial charge in [0.25, 0.3) is 0 Å². The molecule has 1 atom stereocenters. The SMILES string of the molecule is C/C(N)=C1/NCCC(Nc2cc(C)ccc2F)c2cc(C3=CCN(C4CCCCC4)CC3)ccc21. The van der Waals surface area contributed by atoms with Crippen LogP contribution in [0.3, 0.4) is 0 Å². The van der Waals surface area contributed by atoms with Gasteiger partial charge in [-0.25, -0.2) is 4.39 Å². The van der Waals surface area contributed by atoms with Crippen LogP contribution < -0.4 is 16.4 Å². The summed E-state index contributed by atoms with van der Waals surface area (Å²) in [5, 5.41) is 7.04. The lowest BCUT2D eigenvalue weighted by Gasteiger charge is -2.36. The molecule has 2 heterocycles. The van der Waals surface area contributed by atoms with Crippen molar-refractivity contribution in [2.24, 2.45) is 5.73 Å². The van der Waals surface area contributed by atoms with Crippen LogP contribution in [0.1, 0.15) is 80.2 Å². The zero-order valence-corrected chi connectivity index (χ0v) is 21.2. The third kappa shape index (κ3) is 5.25. The van der Waals surface area contributed by atoms with E-state index >= 15 is 0 Å². The molecule has 1 unspecified atom stereocenters. The minimum atomic E-state index is -0.214. The average molecular weight is 475 g/mol. The van der Waals surface area contributed by atoms with Crippen LogP contribution in [0.15, 0.2) is 48.2 Å². The van der Waals surface area contributed by atoms with Gasteiger partial charge in [0, 0.05) is 36.9 Å². The smallest absolute Gasteiger partial charge is 0.146 e. The van der Waals surface area contributed by atoms with Gasteiger partial charge in [-0.15, -0.1) is 0 Å². The van der Waals surface area contributed by atoms with Gasteiger partial charge in [0.1, 0.15) is 5.82 Å². The average Bonchev–Trinajstić information content (AvgIpc) is 3.06. The number of hydrogen-bond donors (Lipinski definition) is 3. The Labute approximate surface area is 209 Å². The number of nitrogens with one attached hydrogen (secondary N) is 2. The summed E-state index contributed by atoms with van der Waals surface area (Å²) < 4.78 is 14.6. The molecule has 1 fully saturated rings. The lowest BCUT2D eigenvalue weighted by molar-refractivity contribution is 0.171. The fraction of sp³-hybridized carbons (Fsp3) is 0.467. The maximum Gasteiger partial charge on any atom is 0.146 e. The molecule has 0 bridgehead atoms. The van der Waals surface area contributed by atoms with E-state index in [-0.39, 0.29) is 11.9 Å². The van der Waals surface area contributed by atoms with Crippen molar-refractivity contribution in [1.82, 2.24) is 10.2 Å². The normalized spacial score (nSPS) is 23.1. The van der Waals surface area contributed by atoms with Crippen molar-refractivity contribution in [2.75, 3.05) is 25.0 Å². The standard InChI is InChI=1S/C30H39FN4/c1-20-8-11-27(31)29(18-20)34-28-12-15-33-30(21(2)32)25-10-9-23(19-26(25)28)22-13-16-35(17-14-22)24-6-4-3-5-7-24/h8-11,13,18-19,24,28,33-34H,3-7,12,14-17,32H2,1-2H3/b30-21-. The summed E-state index contributed by atoms with van der Waals surface area (Å²) >= 11 is 0. The van der Waals surface area contributed by atoms with Crippen LogP contribution in [0.5, 0.6) is 0 Å². The van der Waals surface area contributed by atoms with E-state index < -0.39 is 0 Å². The number of fused-ring (bicyclic) bond motifs is 1. The van der Waals surface area contributed by atoms with Crippen LogP contribution in [-0.2, 0) is 0 Å². The summed E-state index contributed by atoms with van der Waals surface area (Å²) in [5.74, 6) is -0.214. The third-order valence-electron chi connectivity index (χ3n) is 7.98. The van der Waals surface area contributed by atoms with Gasteiger partial charge >= 0.3 is 0 Å². The number of anilines is 1. The number of halogens is 1. The molecule has 35 heavy (non-hydrogen) atoms. The van der Waals surface area contributed by atoms with Gasteiger partial charge in [-0.1, -0.05) is 43.5 Å². The van der Waals surface area contributed by atoms with Crippen molar-refractivity contribution < 1.29 is 4.39 Å². The molecule has 0 aromatic heterocycles. The van der Waals surface area contributed by atoms with Crippen LogP contribution in [-0.4, -0.2) is 30.6 Å². The number of nitrogens with zero attached hydrogens (tertiary/aromatic N) is 1. The Morgan fingerprint density at radius 1 is 1.09 bits per heavy atom. The maximum atomic E-state index is 14.6. The van der Waals surface area contributed by atoms with Crippen molar-refractivity contribution in [2.45, 2.75) is 70.9 Å². The van der Waals surface area contributed by atoms with Crippen LogP contribution >= 0.6 is 0 Å². The molecular formula is C30H39FN4. The van der Waals surface area contributed by atoms with Gasteiger partial charge in [-0.3, -0.25) is 4.90 Å². The van der Waals surface area contributed by atoms with E-state index in [1.54, 1.807) is 6.07 Å². The first-order chi connectivity index (χ1) is 17.0. The predicted octanol–water partition coefficient (Wildman–Crippen LogP) is 6.35. The Kier molecular flexibility index (Phi) is 7.14. The largest absolute Gasteiger partial charge is 0.401 e. The van der Waals surface area contributed by atoms with Gasteiger partial charge in [0.05, 0.1) is 17.4 Å². The first-order valence-electron chi connectivity index (χ1n) is 13.3. The van der Waals surface area contributed by atoms with Crippen LogP contribution in [0.4, 0.5) is 10.1 Å². The Morgan fingerprint density at radius 3 is 2.66 bits per heavy atom. The first kappa shape index (κ1) is 23.9. The van der Waals surface area contributed by atoms with Gasteiger partial charge in [-0.05, 0) is 80.0 Å².